The quantitative estimate of drug-likeness (QED) is 0.139. The first-order chi connectivity index (χ1) is 26.4. The number of rotatable bonds is 9. The predicted octanol–water partition coefficient (Wildman–Crippen LogP) is 7.98. The Labute approximate surface area is 309 Å². The Balaban J connectivity index is 1.01. The summed E-state index contributed by atoms with van der Waals surface area (Å²) in [4.78, 5) is 10.4. The fourth-order valence-corrected chi connectivity index (χ4v) is 7.72. The van der Waals surface area contributed by atoms with E-state index >= 15 is 0 Å². The van der Waals surface area contributed by atoms with Gasteiger partial charge in [-0.1, -0.05) is 70.2 Å². The Morgan fingerprint density at radius 3 is 1.02 bits per heavy atom. The molecule has 0 saturated carbocycles. The largest absolute Gasteiger partial charge is 0.353 e. The Kier molecular flexibility index (Phi) is 7.35. The number of nitrogens with one attached hydrogen (secondary N) is 3. The van der Waals surface area contributed by atoms with Crippen molar-refractivity contribution in [2.75, 3.05) is 0 Å². The van der Waals surface area contributed by atoms with Crippen molar-refractivity contribution in [1.29, 1.82) is 0 Å². The van der Waals surface area contributed by atoms with Crippen molar-refractivity contribution in [2.45, 2.75) is 40.4 Å². The molecule has 6 heterocycles. The average Bonchev–Trinajstić information content (AvgIpc) is 4.04. The highest BCUT2D eigenvalue weighted by molar-refractivity contribution is 5.86. The summed E-state index contributed by atoms with van der Waals surface area (Å²) >= 11 is 0. The van der Waals surface area contributed by atoms with Crippen molar-refractivity contribution in [3.05, 3.63) is 143 Å². The topological polar surface area (TPSA) is 140 Å². The third-order valence-corrected chi connectivity index (χ3v) is 10.7. The molecule has 54 heavy (non-hydrogen) atoms. The van der Waals surface area contributed by atoms with Crippen molar-refractivity contribution in [2.24, 2.45) is 0 Å². The first kappa shape index (κ1) is 31.6. The van der Waals surface area contributed by atoms with Crippen LogP contribution >= 0.6 is 0 Å². The van der Waals surface area contributed by atoms with E-state index in [1.807, 2.05) is 69.0 Å². The third kappa shape index (κ3) is 5.55. The van der Waals surface area contributed by atoms with Crippen molar-refractivity contribution >= 4 is 32.7 Å². The minimum Gasteiger partial charge on any atom is -0.353 e. The van der Waals surface area contributed by atoms with Crippen LogP contribution in [0.15, 0.2) is 110 Å². The lowest BCUT2D eigenvalue weighted by Crippen LogP contribution is -2.15. The van der Waals surface area contributed by atoms with Crippen molar-refractivity contribution in [3.63, 3.8) is 0 Å². The maximum atomic E-state index is 4.58. The van der Waals surface area contributed by atoms with Crippen LogP contribution in [0, 0.1) is 20.8 Å². The number of hydrogen-bond acceptors (Lipinski definition) is 6. The molecule has 4 aromatic carbocycles. The molecule has 0 aliphatic carbocycles. The number of para-hydroxylation sites is 3. The number of H-pyrrole nitrogens is 3. The van der Waals surface area contributed by atoms with Crippen molar-refractivity contribution < 1.29 is 0 Å². The van der Waals surface area contributed by atoms with E-state index in [2.05, 4.69) is 121 Å². The van der Waals surface area contributed by atoms with Crippen LogP contribution in [0.4, 0.5) is 0 Å². The van der Waals surface area contributed by atoms with Gasteiger partial charge < -0.3 is 15.0 Å². The molecule has 12 nitrogen and oxygen atoms in total. The first-order valence-corrected chi connectivity index (χ1v) is 18.0. The summed E-state index contributed by atoms with van der Waals surface area (Å²) < 4.78 is 5.77. The molecule has 10 aromatic rings. The summed E-state index contributed by atoms with van der Waals surface area (Å²) in [5.41, 5.74) is 15.6. The fourth-order valence-electron chi connectivity index (χ4n) is 7.72. The summed E-state index contributed by atoms with van der Waals surface area (Å²) in [6, 6.07) is 31.1. The molecule has 0 aliphatic rings. The smallest absolute Gasteiger partial charge is 0.129 e. The Morgan fingerprint density at radius 1 is 0.426 bits per heavy atom. The summed E-state index contributed by atoms with van der Waals surface area (Å²) in [5, 5.41) is 30.9. The van der Waals surface area contributed by atoms with Crippen LogP contribution in [0.2, 0.25) is 0 Å². The van der Waals surface area contributed by atoms with Gasteiger partial charge in [0.1, 0.15) is 17.1 Å². The highest BCUT2D eigenvalue weighted by Gasteiger charge is 2.21. The SMILES string of the molecule is Cc1c(Cn2cc(-c3cc4ccccc4[nH]3)nn2)c(C)c(Cn2cc(-c3cc4ccccc4[nH]3)nn2)c(C)c1Cn1cc(-c2cc3ccccc3[nH]2)nn1. The average molecular weight is 709 g/mol. The fraction of sp³-hybridized carbons (Fsp3) is 0.143. The molecule has 6 aromatic heterocycles. The normalized spacial score (nSPS) is 11.8. The van der Waals surface area contributed by atoms with Gasteiger partial charge in [-0.05, 0) is 90.6 Å². The van der Waals surface area contributed by atoms with Gasteiger partial charge in [0.25, 0.3) is 0 Å². The summed E-state index contributed by atoms with van der Waals surface area (Å²) in [6.07, 6.45) is 6.03. The van der Waals surface area contributed by atoms with E-state index in [0.717, 1.165) is 66.9 Å². The molecule has 0 atom stereocenters. The minimum atomic E-state index is 0.556. The first-order valence-electron chi connectivity index (χ1n) is 18.0. The van der Waals surface area contributed by atoms with Crippen LogP contribution in [0.5, 0.6) is 0 Å². The molecule has 0 unspecified atom stereocenters. The molecule has 10 rings (SSSR count). The molecule has 0 fully saturated rings. The van der Waals surface area contributed by atoms with Gasteiger partial charge >= 0.3 is 0 Å². The maximum Gasteiger partial charge on any atom is 0.129 e. The van der Waals surface area contributed by atoms with Gasteiger partial charge in [0.05, 0.1) is 55.3 Å². The summed E-state index contributed by atoms with van der Waals surface area (Å²) in [5.74, 6) is 0. The Bertz CT molecular complexity index is 2540. The third-order valence-electron chi connectivity index (χ3n) is 10.7. The summed E-state index contributed by atoms with van der Waals surface area (Å²) in [7, 11) is 0. The monoisotopic (exact) mass is 708 g/mol. The molecule has 0 spiro atoms. The number of aromatic amines is 3. The van der Waals surface area contributed by atoms with Crippen molar-refractivity contribution in [3.8, 4) is 34.2 Å². The van der Waals surface area contributed by atoms with Crippen LogP contribution < -0.4 is 0 Å². The standard InChI is InChI=1S/C42H36N12/c1-25-31(19-52-22-40(46-49-52)37-16-28-10-4-7-13-34(28)43-37)26(2)33(21-54-24-42(48-51-54)39-18-30-12-6-9-15-36(30)45-39)27(3)32(25)20-53-23-41(47-50-53)38-17-29-11-5-8-14-35(29)44-38/h4-18,22-24,43-45H,19-21H2,1-3H3. The number of aromatic nitrogens is 12. The molecule has 0 radical (unpaired) electrons. The van der Waals surface area contributed by atoms with Crippen LogP contribution in [0.1, 0.15) is 33.4 Å². The predicted molar refractivity (Wildman–Crippen MR) is 210 cm³/mol. The number of hydrogen-bond donors (Lipinski definition) is 3. The lowest BCUT2D eigenvalue weighted by molar-refractivity contribution is 0.618. The number of nitrogens with zero attached hydrogens (tertiary/aromatic N) is 9. The highest BCUT2D eigenvalue weighted by Crippen LogP contribution is 2.31. The van der Waals surface area contributed by atoms with E-state index in [4.69, 9.17) is 0 Å². The second-order valence-electron chi connectivity index (χ2n) is 14.0. The highest BCUT2D eigenvalue weighted by atomic mass is 15.4. The zero-order valence-corrected chi connectivity index (χ0v) is 30.0. The van der Waals surface area contributed by atoms with E-state index in [0.29, 0.717) is 19.6 Å². The molecule has 3 N–H and O–H groups in total. The lowest BCUT2D eigenvalue weighted by Gasteiger charge is -2.22. The van der Waals surface area contributed by atoms with Gasteiger partial charge in [-0.2, -0.15) is 0 Å². The molecule has 12 heteroatoms. The van der Waals surface area contributed by atoms with Crippen LogP contribution in [0.3, 0.4) is 0 Å². The molecule has 0 saturated heterocycles. The molecule has 264 valence electrons. The van der Waals surface area contributed by atoms with Crippen LogP contribution in [-0.2, 0) is 19.6 Å². The van der Waals surface area contributed by atoms with Gasteiger partial charge in [-0.15, -0.1) is 15.3 Å². The Hall–Kier alpha value is -7.08. The lowest BCUT2D eigenvalue weighted by atomic mass is 9.88. The van der Waals surface area contributed by atoms with Gasteiger partial charge in [0, 0.05) is 32.7 Å². The molecule has 0 amide bonds. The maximum absolute atomic E-state index is 4.58. The van der Waals surface area contributed by atoms with Gasteiger partial charge in [-0.25, -0.2) is 14.0 Å². The molecular formula is C42H36N12. The van der Waals surface area contributed by atoms with E-state index in [1.54, 1.807) is 0 Å². The Morgan fingerprint density at radius 2 is 0.722 bits per heavy atom. The number of fused-ring (bicyclic) bond motifs is 3. The van der Waals surface area contributed by atoms with Gasteiger partial charge in [-0.3, -0.25) is 0 Å². The van der Waals surface area contributed by atoms with Crippen LogP contribution in [-0.4, -0.2) is 59.9 Å². The second kappa shape index (κ2) is 12.6. The minimum absolute atomic E-state index is 0.556. The molecular weight excluding hydrogens is 673 g/mol. The van der Waals surface area contributed by atoms with Gasteiger partial charge in [0.2, 0.25) is 0 Å². The number of benzene rings is 4. The summed E-state index contributed by atoms with van der Waals surface area (Å²) in [6.45, 7) is 8.26. The van der Waals surface area contributed by atoms with E-state index in [9.17, 15) is 0 Å². The van der Waals surface area contributed by atoms with Crippen molar-refractivity contribution in [1.82, 2.24) is 59.9 Å². The van der Waals surface area contributed by atoms with E-state index < -0.39 is 0 Å². The zero-order chi connectivity index (χ0) is 36.3. The van der Waals surface area contributed by atoms with Gasteiger partial charge in [0.15, 0.2) is 0 Å². The zero-order valence-electron chi connectivity index (χ0n) is 30.0. The van der Waals surface area contributed by atoms with E-state index in [-0.39, 0.29) is 0 Å². The second-order valence-corrected chi connectivity index (χ2v) is 14.0. The molecule has 0 bridgehead atoms. The van der Waals surface area contributed by atoms with E-state index in [1.165, 1.54) is 33.4 Å². The molecule has 0 aliphatic heterocycles. The van der Waals surface area contributed by atoms with Crippen LogP contribution in [0.25, 0.3) is 66.9 Å².